The van der Waals surface area contributed by atoms with Crippen LogP contribution in [0.5, 0.6) is 0 Å². The van der Waals surface area contributed by atoms with Crippen molar-refractivity contribution >= 4 is 18.0 Å². The van der Waals surface area contributed by atoms with Crippen molar-refractivity contribution in [3.63, 3.8) is 0 Å². The first-order chi connectivity index (χ1) is 17.0. The van der Waals surface area contributed by atoms with Gasteiger partial charge < -0.3 is 25.2 Å². The number of alkyl carbamates (subject to hydrolysis) is 1. The highest BCUT2D eigenvalue weighted by Gasteiger charge is 2.42. The summed E-state index contributed by atoms with van der Waals surface area (Å²) in [6, 6.07) is 15.7. The Morgan fingerprint density at radius 3 is 2.23 bits per heavy atom. The molecule has 3 aliphatic rings. The molecule has 1 saturated heterocycles. The SMILES string of the molecule is O=C(O)CC1(NC(=O)C2COCC2NC(=O)OCC2c3ccccc3-c3ccccc32)CCCC1. The van der Waals surface area contributed by atoms with Gasteiger partial charge in [0.05, 0.1) is 37.1 Å². The molecular weight excluding hydrogens is 448 g/mol. The van der Waals surface area contributed by atoms with Crippen molar-refractivity contribution in [2.24, 2.45) is 5.92 Å². The number of carboxylic acid groups (broad SMARTS) is 1. The summed E-state index contributed by atoms with van der Waals surface area (Å²) in [6.45, 7) is 0.559. The van der Waals surface area contributed by atoms with Crippen LogP contribution in [-0.2, 0) is 19.1 Å². The number of amides is 2. The largest absolute Gasteiger partial charge is 0.481 e. The summed E-state index contributed by atoms with van der Waals surface area (Å²) in [5.74, 6) is -1.86. The molecule has 0 radical (unpaired) electrons. The molecule has 0 aromatic heterocycles. The summed E-state index contributed by atoms with van der Waals surface area (Å²) >= 11 is 0. The lowest BCUT2D eigenvalue weighted by Crippen LogP contribution is -2.53. The number of rotatable bonds is 7. The number of hydrogen-bond acceptors (Lipinski definition) is 5. The first-order valence-electron chi connectivity index (χ1n) is 12.2. The van der Waals surface area contributed by atoms with E-state index in [4.69, 9.17) is 9.47 Å². The monoisotopic (exact) mass is 478 g/mol. The second-order valence-corrected chi connectivity index (χ2v) is 9.77. The van der Waals surface area contributed by atoms with Crippen molar-refractivity contribution in [1.82, 2.24) is 10.6 Å². The molecule has 2 aliphatic carbocycles. The second-order valence-electron chi connectivity index (χ2n) is 9.77. The fourth-order valence-electron chi connectivity index (χ4n) is 5.79. The average Bonchev–Trinajstić information content (AvgIpc) is 3.55. The lowest BCUT2D eigenvalue weighted by Gasteiger charge is -2.31. The van der Waals surface area contributed by atoms with Crippen LogP contribution in [0, 0.1) is 5.92 Å². The number of hydrogen-bond donors (Lipinski definition) is 3. The summed E-state index contributed by atoms with van der Waals surface area (Å²) in [5.41, 5.74) is 3.84. The van der Waals surface area contributed by atoms with E-state index in [1.807, 2.05) is 24.3 Å². The first-order valence-corrected chi connectivity index (χ1v) is 12.2. The summed E-state index contributed by atoms with van der Waals surface area (Å²) in [5, 5.41) is 15.1. The van der Waals surface area contributed by atoms with Gasteiger partial charge in [-0.1, -0.05) is 61.4 Å². The molecule has 0 bridgehead atoms. The van der Waals surface area contributed by atoms with Crippen LogP contribution in [0.4, 0.5) is 4.79 Å². The summed E-state index contributed by atoms with van der Waals surface area (Å²) < 4.78 is 11.1. The van der Waals surface area contributed by atoms with Gasteiger partial charge in [-0.3, -0.25) is 9.59 Å². The molecule has 2 unspecified atom stereocenters. The van der Waals surface area contributed by atoms with Gasteiger partial charge in [0.1, 0.15) is 6.61 Å². The van der Waals surface area contributed by atoms with Gasteiger partial charge in [0.2, 0.25) is 5.91 Å². The molecule has 2 fully saturated rings. The number of fused-ring (bicyclic) bond motifs is 3. The molecule has 5 rings (SSSR count). The summed E-state index contributed by atoms with van der Waals surface area (Å²) in [7, 11) is 0. The Morgan fingerprint density at radius 2 is 1.60 bits per heavy atom. The number of carbonyl (C=O) groups is 3. The Bertz CT molecular complexity index is 1080. The number of nitrogens with one attached hydrogen (secondary N) is 2. The van der Waals surface area contributed by atoms with Crippen LogP contribution in [0.15, 0.2) is 48.5 Å². The maximum Gasteiger partial charge on any atom is 0.407 e. The third-order valence-corrected chi connectivity index (χ3v) is 7.50. The Hall–Kier alpha value is -3.39. The average molecular weight is 479 g/mol. The number of carboxylic acids is 1. The van der Waals surface area contributed by atoms with Crippen molar-refractivity contribution in [2.45, 2.75) is 49.6 Å². The third-order valence-electron chi connectivity index (χ3n) is 7.50. The lowest BCUT2D eigenvalue weighted by molar-refractivity contribution is -0.139. The Balaban J connectivity index is 1.20. The lowest BCUT2D eigenvalue weighted by atomic mass is 9.91. The maximum absolute atomic E-state index is 13.0. The van der Waals surface area contributed by atoms with E-state index in [9.17, 15) is 19.5 Å². The zero-order chi connectivity index (χ0) is 24.4. The quantitative estimate of drug-likeness (QED) is 0.562. The van der Waals surface area contributed by atoms with E-state index in [0.717, 1.165) is 35.1 Å². The van der Waals surface area contributed by atoms with Crippen LogP contribution in [0.3, 0.4) is 0 Å². The zero-order valence-corrected chi connectivity index (χ0v) is 19.5. The Morgan fingerprint density at radius 1 is 0.971 bits per heavy atom. The molecule has 35 heavy (non-hydrogen) atoms. The van der Waals surface area contributed by atoms with Crippen molar-refractivity contribution in [3.05, 3.63) is 59.7 Å². The minimum absolute atomic E-state index is 0.0506. The highest BCUT2D eigenvalue weighted by atomic mass is 16.5. The molecule has 8 heteroatoms. The van der Waals surface area contributed by atoms with Gasteiger partial charge in [0, 0.05) is 5.92 Å². The second kappa shape index (κ2) is 9.70. The van der Waals surface area contributed by atoms with E-state index in [1.54, 1.807) is 0 Å². The smallest absolute Gasteiger partial charge is 0.407 e. The molecule has 8 nitrogen and oxygen atoms in total. The van der Waals surface area contributed by atoms with E-state index in [-0.39, 0.29) is 38.1 Å². The van der Waals surface area contributed by atoms with E-state index >= 15 is 0 Å². The van der Waals surface area contributed by atoms with Crippen LogP contribution in [0.25, 0.3) is 11.1 Å². The Kier molecular flexibility index (Phi) is 6.47. The highest BCUT2D eigenvalue weighted by molar-refractivity contribution is 5.83. The minimum Gasteiger partial charge on any atom is -0.481 e. The van der Waals surface area contributed by atoms with Crippen LogP contribution in [0.2, 0.25) is 0 Å². The fraction of sp³-hybridized carbons (Fsp3) is 0.444. The molecule has 184 valence electrons. The highest BCUT2D eigenvalue weighted by Crippen LogP contribution is 2.44. The number of carbonyl (C=O) groups excluding carboxylic acids is 2. The molecule has 2 amide bonds. The van der Waals surface area contributed by atoms with Gasteiger partial charge in [-0.15, -0.1) is 0 Å². The standard InChI is InChI=1S/C27H30N2O6/c30-24(31)13-27(11-5-6-12-27)29-25(32)22-14-34-16-23(22)28-26(33)35-15-21-19-9-3-1-7-17(19)18-8-2-4-10-20(18)21/h1-4,7-10,21-23H,5-6,11-16H2,(H,28,33)(H,29,32)(H,30,31). The summed E-state index contributed by atoms with van der Waals surface area (Å²) in [4.78, 5) is 37.1. The number of ether oxygens (including phenoxy) is 2. The topological polar surface area (TPSA) is 114 Å². The molecule has 1 heterocycles. The van der Waals surface area contributed by atoms with Crippen molar-refractivity contribution in [3.8, 4) is 11.1 Å². The van der Waals surface area contributed by atoms with Gasteiger partial charge in [-0.05, 0) is 35.1 Å². The van der Waals surface area contributed by atoms with Gasteiger partial charge in [-0.25, -0.2) is 4.79 Å². The Labute approximate surface area is 204 Å². The van der Waals surface area contributed by atoms with Crippen LogP contribution in [-0.4, -0.2) is 54.5 Å². The fourth-order valence-corrected chi connectivity index (χ4v) is 5.79. The maximum atomic E-state index is 13.0. The summed E-state index contributed by atoms with van der Waals surface area (Å²) in [6.07, 6.45) is 2.36. The molecule has 2 atom stereocenters. The number of aliphatic carboxylic acids is 1. The first kappa shape index (κ1) is 23.4. The van der Waals surface area contributed by atoms with Gasteiger partial charge in [0.15, 0.2) is 0 Å². The predicted molar refractivity (Wildman–Crippen MR) is 128 cm³/mol. The van der Waals surface area contributed by atoms with Gasteiger partial charge in [0.25, 0.3) is 0 Å². The van der Waals surface area contributed by atoms with Crippen molar-refractivity contribution in [1.29, 1.82) is 0 Å². The molecule has 2 aromatic rings. The van der Waals surface area contributed by atoms with Crippen molar-refractivity contribution < 1.29 is 29.0 Å². The normalized spacial score (nSPS) is 22.3. The van der Waals surface area contributed by atoms with Gasteiger partial charge in [-0.2, -0.15) is 0 Å². The zero-order valence-electron chi connectivity index (χ0n) is 19.5. The van der Waals surface area contributed by atoms with Crippen LogP contribution >= 0.6 is 0 Å². The predicted octanol–water partition coefficient (Wildman–Crippen LogP) is 3.44. The minimum atomic E-state index is -0.928. The molecule has 1 aliphatic heterocycles. The van der Waals surface area contributed by atoms with Crippen LogP contribution in [0.1, 0.15) is 49.1 Å². The van der Waals surface area contributed by atoms with Gasteiger partial charge >= 0.3 is 12.1 Å². The van der Waals surface area contributed by atoms with E-state index < -0.39 is 29.6 Å². The van der Waals surface area contributed by atoms with E-state index in [1.165, 1.54) is 0 Å². The third kappa shape index (κ3) is 4.75. The number of benzene rings is 2. The van der Waals surface area contributed by atoms with Crippen LogP contribution < -0.4 is 10.6 Å². The molecule has 1 saturated carbocycles. The molecule has 0 spiro atoms. The van der Waals surface area contributed by atoms with E-state index in [0.29, 0.717) is 12.8 Å². The molecule has 2 aromatic carbocycles. The van der Waals surface area contributed by atoms with E-state index in [2.05, 4.69) is 34.9 Å². The molecular formula is C27H30N2O6. The van der Waals surface area contributed by atoms with Crippen molar-refractivity contribution in [2.75, 3.05) is 19.8 Å². The molecule has 3 N–H and O–H groups in total.